The van der Waals surface area contributed by atoms with E-state index in [0.717, 1.165) is 10.6 Å². The first-order chi connectivity index (χ1) is 13.6. The third-order valence-corrected chi connectivity index (χ3v) is 5.06. The summed E-state index contributed by atoms with van der Waals surface area (Å²) in [6, 6.07) is 10.3. The number of nitro groups is 1. The molecule has 154 valence electrons. The lowest BCUT2D eigenvalue weighted by atomic mass is 10.2. The molecule has 2 aromatic carbocycles. The fourth-order valence-corrected chi connectivity index (χ4v) is 3.47. The van der Waals surface area contributed by atoms with Crippen LogP contribution in [0.3, 0.4) is 0 Å². The minimum Gasteiger partial charge on any atom is -0.490 e. The van der Waals surface area contributed by atoms with E-state index < -0.39 is 27.4 Å². The molecule has 2 aromatic rings. The summed E-state index contributed by atoms with van der Waals surface area (Å²) >= 11 is 6.03. The average molecular weight is 441 g/mol. The molecule has 0 aliphatic heterocycles. The highest BCUT2D eigenvalue weighted by atomic mass is 35.5. The average Bonchev–Trinajstić information content (AvgIpc) is 2.66. The molecule has 0 fully saturated rings. The Bertz CT molecular complexity index is 1060. The van der Waals surface area contributed by atoms with Crippen LogP contribution in [0, 0.1) is 10.1 Å². The lowest BCUT2D eigenvalue weighted by Crippen LogP contribution is -2.39. The van der Waals surface area contributed by atoms with Crippen molar-refractivity contribution in [1.82, 2.24) is 5.43 Å². The summed E-state index contributed by atoms with van der Waals surface area (Å²) in [6.45, 7) is -0.553. The Kier molecular flexibility index (Phi) is 7.13. The largest absolute Gasteiger partial charge is 0.490 e. The highest BCUT2D eigenvalue weighted by Gasteiger charge is 2.22. The quantitative estimate of drug-likeness (QED) is 0.380. The number of nitrogens with zero attached hydrogens (tertiary/aromatic N) is 3. The van der Waals surface area contributed by atoms with Gasteiger partial charge in [-0.2, -0.15) is 5.10 Å². The summed E-state index contributed by atoms with van der Waals surface area (Å²) in [6.07, 6.45) is 2.13. The maximum atomic E-state index is 12.1. The van der Waals surface area contributed by atoms with Crippen LogP contribution in [0.5, 0.6) is 5.75 Å². The van der Waals surface area contributed by atoms with E-state index in [1.165, 1.54) is 43.7 Å². The normalized spacial score (nSPS) is 11.3. The molecule has 0 aliphatic carbocycles. The van der Waals surface area contributed by atoms with Crippen molar-refractivity contribution in [2.45, 2.75) is 0 Å². The highest BCUT2D eigenvalue weighted by Crippen LogP contribution is 2.27. The van der Waals surface area contributed by atoms with Gasteiger partial charge in [0.05, 0.1) is 35.2 Å². The topological polar surface area (TPSA) is 131 Å². The molecule has 1 amide bonds. The van der Waals surface area contributed by atoms with E-state index in [1.54, 1.807) is 12.1 Å². The van der Waals surface area contributed by atoms with E-state index in [2.05, 4.69) is 10.5 Å². The molecule has 0 spiro atoms. The number of nitrogens with one attached hydrogen (secondary N) is 1. The molecule has 0 aromatic heterocycles. The van der Waals surface area contributed by atoms with Crippen molar-refractivity contribution in [3.05, 3.63) is 63.2 Å². The van der Waals surface area contributed by atoms with E-state index in [9.17, 15) is 23.3 Å². The number of carbonyl (C=O) groups excluding carboxylic acids is 1. The summed E-state index contributed by atoms with van der Waals surface area (Å²) in [4.78, 5) is 22.6. The third kappa shape index (κ3) is 5.90. The van der Waals surface area contributed by atoms with Gasteiger partial charge in [-0.05, 0) is 24.3 Å². The molecule has 0 atom stereocenters. The van der Waals surface area contributed by atoms with Crippen LogP contribution in [0.1, 0.15) is 5.56 Å². The minimum atomic E-state index is -3.79. The Morgan fingerprint density at radius 3 is 2.62 bits per heavy atom. The van der Waals surface area contributed by atoms with Gasteiger partial charge in [0.2, 0.25) is 10.0 Å². The lowest BCUT2D eigenvalue weighted by molar-refractivity contribution is -0.385. The second-order valence-corrected chi connectivity index (χ2v) is 8.02. The van der Waals surface area contributed by atoms with Crippen molar-refractivity contribution in [3.8, 4) is 5.75 Å². The molecular formula is C17H17ClN4O6S. The smallest absolute Gasteiger partial charge is 0.311 e. The molecule has 29 heavy (non-hydrogen) atoms. The zero-order valence-corrected chi connectivity index (χ0v) is 17.0. The number of hydrogen-bond donors (Lipinski definition) is 1. The van der Waals surface area contributed by atoms with Gasteiger partial charge in [0, 0.05) is 11.6 Å². The molecule has 12 heteroatoms. The third-order valence-electron chi connectivity index (χ3n) is 3.61. The summed E-state index contributed by atoms with van der Waals surface area (Å²) < 4.78 is 29.8. The zero-order valence-electron chi connectivity index (χ0n) is 15.4. The maximum absolute atomic E-state index is 12.1. The van der Waals surface area contributed by atoms with Crippen LogP contribution in [0.25, 0.3) is 0 Å². The fourth-order valence-electron chi connectivity index (χ4n) is 2.31. The first-order valence-corrected chi connectivity index (χ1v) is 10.2. The van der Waals surface area contributed by atoms with Crippen LogP contribution >= 0.6 is 11.6 Å². The molecule has 0 aliphatic rings. The summed E-state index contributed by atoms with van der Waals surface area (Å²) in [5.74, 6) is -0.644. The molecule has 0 saturated heterocycles. The van der Waals surface area contributed by atoms with Crippen LogP contribution in [-0.2, 0) is 14.8 Å². The number of methoxy groups -OCH3 is 1. The number of carbonyl (C=O) groups is 1. The molecule has 0 unspecified atom stereocenters. The highest BCUT2D eigenvalue weighted by molar-refractivity contribution is 7.92. The maximum Gasteiger partial charge on any atom is 0.311 e. The molecule has 2 rings (SSSR count). The fraction of sp³-hybridized carbons (Fsp3) is 0.176. The van der Waals surface area contributed by atoms with Gasteiger partial charge >= 0.3 is 5.69 Å². The van der Waals surface area contributed by atoms with Crippen LogP contribution < -0.4 is 14.5 Å². The van der Waals surface area contributed by atoms with Crippen molar-refractivity contribution in [3.63, 3.8) is 0 Å². The number of halogens is 1. The zero-order chi connectivity index (χ0) is 21.6. The summed E-state index contributed by atoms with van der Waals surface area (Å²) in [5.41, 5.74) is 2.41. The number of benzene rings is 2. The van der Waals surface area contributed by atoms with Gasteiger partial charge in [-0.1, -0.05) is 23.7 Å². The van der Waals surface area contributed by atoms with Crippen molar-refractivity contribution >= 4 is 45.1 Å². The van der Waals surface area contributed by atoms with Gasteiger partial charge in [-0.15, -0.1) is 0 Å². The molecule has 0 bridgehead atoms. The number of nitro benzene ring substituents is 1. The van der Waals surface area contributed by atoms with Gasteiger partial charge in [0.1, 0.15) is 6.54 Å². The predicted octanol–water partition coefficient (Wildman–Crippen LogP) is 2.17. The second kappa shape index (κ2) is 9.34. The van der Waals surface area contributed by atoms with Gasteiger partial charge in [0.15, 0.2) is 5.75 Å². The molecule has 0 radical (unpaired) electrons. The van der Waals surface area contributed by atoms with Crippen molar-refractivity contribution in [2.24, 2.45) is 5.10 Å². The SMILES string of the molecule is COc1ccc(/C=N\NC(=O)CN(c2ccccc2Cl)S(C)(=O)=O)cc1[N+](=O)[O-]. The van der Waals surface area contributed by atoms with E-state index >= 15 is 0 Å². The number of sulfonamides is 1. The van der Waals surface area contributed by atoms with Gasteiger partial charge in [-0.3, -0.25) is 19.2 Å². The first-order valence-electron chi connectivity index (χ1n) is 8.00. The Labute approximate surface area is 171 Å². The standard InChI is InChI=1S/C17H17ClN4O6S/c1-28-16-8-7-12(9-15(16)22(24)25)10-19-20-17(23)11-21(29(2,26)27)14-6-4-3-5-13(14)18/h3-10H,11H2,1-2H3,(H,20,23)/b19-10-. The van der Waals surface area contributed by atoms with Crippen molar-refractivity contribution < 1.29 is 22.9 Å². The molecule has 1 N–H and O–H groups in total. The summed E-state index contributed by atoms with van der Waals surface area (Å²) in [5, 5.41) is 14.9. The molecule has 0 saturated carbocycles. The van der Waals surface area contributed by atoms with Crippen LogP contribution in [0.2, 0.25) is 5.02 Å². The van der Waals surface area contributed by atoms with E-state index in [-0.39, 0.29) is 22.1 Å². The molecule has 0 heterocycles. The Hall–Kier alpha value is -3.18. The van der Waals surface area contributed by atoms with Crippen LogP contribution in [0.15, 0.2) is 47.6 Å². The minimum absolute atomic E-state index is 0.0831. The number of para-hydroxylation sites is 1. The van der Waals surface area contributed by atoms with Crippen LogP contribution in [0.4, 0.5) is 11.4 Å². The summed E-state index contributed by atoms with van der Waals surface area (Å²) in [7, 11) is -2.48. The monoisotopic (exact) mass is 440 g/mol. The van der Waals surface area contributed by atoms with Gasteiger partial charge < -0.3 is 4.74 Å². The van der Waals surface area contributed by atoms with E-state index in [1.807, 2.05) is 0 Å². The lowest BCUT2D eigenvalue weighted by Gasteiger charge is -2.22. The number of ether oxygens (including phenoxy) is 1. The van der Waals surface area contributed by atoms with Crippen LogP contribution in [-0.4, -0.2) is 45.4 Å². The Morgan fingerprint density at radius 2 is 2.03 bits per heavy atom. The number of hydrazone groups is 1. The number of rotatable bonds is 8. The van der Waals surface area contributed by atoms with Gasteiger partial charge in [-0.25, -0.2) is 13.8 Å². The van der Waals surface area contributed by atoms with Crippen molar-refractivity contribution in [1.29, 1.82) is 0 Å². The van der Waals surface area contributed by atoms with Crippen molar-refractivity contribution in [2.75, 3.05) is 24.2 Å². The van der Waals surface area contributed by atoms with Gasteiger partial charge in [0.25, 0.3) is 5.91 Å². The number of amides is 1. The number of anilines is 1. The molecular weight excluding hydrogens is 424 g/mol. The van der Waals surface area contributed by atoms with E-state index in [0.29, 0.717) is 5.56 Å². The Morgan fingerprint density at radius 1 is 1.34 bits per heavy atom. The second-order valence-electron chi connectivity index (χ2n) is 5.70. The van der Waals surface area contributed by atoms with E-state index in [4.69, 9.17) is 16.3 Å². The first kappa shape index (κ1) is 22.1. The Balaban J connectivity index is 2.13. The predicted molar refractivity (Wildman–Crippen MR) is 109 cm³/mol. The molecule has 10 nitrogen and oxygen atoms in total. The number of hydrogen-bond acceptors (Lipinski definition) is 7.